The highest BCUT2D eigenvalue weighted by atomic mass is 32.2. The van der Waals surface area contributed by atoms with Gasteiger partial charge in [-0.3, -0.25) is 4.79 Å². The maximum atomic E-state index is 12.0. The molecule has 164 valence electrons. The number of hydrogen-bond donors (Lipinski definition) is 1. The smallest absolute Gasteiger partial charge is 0.224 e. The summed E-state index contributed by atoms with van der Waals surface area (Å²) in [5.74, 6) is 0.769. The second-order valence-electron chi connectivity index (χ2n) is 7.40. The second kappa shape index (κ2) is 9.14. The van der Waals surface area contributed by atoms with E-state index in [4.69, 9.17) is 10.5 Å². The van der Waals surface area contributed by atoms with E-state index < -0.39 is 0 Å². The summed E-state index contributed by atoms with van der Waals surface area (Å²) in [4.78, 5) is 20.2. The van der Waals surface area contributed by atoms with E-state index >= 15 is 0 Å². The zero-order chi connectivity index (χ0) is 22.1. The summed E-state index contributed by atoms with van der Waals surface area (Å²) in [6.45, 7) is 4.04. The molecule has 2 aliphatic heterocycles. The van der Waals surface area contributed by atoms with Gasteiger partial charge in [0.2, 0.25) is 5.91 Å². The van der Waals surface area contributed by atoms with Crippen molar-refractivity contribution in [1.29, 1.82) is 0 Å². The molecule has 0 fully saturated rings. The van der Waals surface area contributed by atoms with Gasteiger partial charge in [0.05, 0.1) is 28.0 Å². The molecule has 2 aromatic carbocycles. The van der Waals surface area contributed by atoms with Crippen LogP contribution in [0.1, 0.15) is 6.92 Å². The summed E-state index contributed by atoms with van der Waals surface area (Å²) >= 11 is 4.68. The van der Waals surface area contributed by atoms with Gasteiger partial charge in [-0.15, -0.1) is 11.3 Å². The number of thiazole rings is 1. The predicted octanol–water partition coefficient (Wildman–Crippen LogP) is 4.36. The first-order valence-corrected chi connectivity index (χ1v) is 12.5. The lowest BCUT2D eigenvalue weighted by Crippen LogP contribution is -2.36. The lowest BCUT2D eigenvalue weighted by molar-refractivity contribution is -0.116. The number of nitrogens with two attached hydrogens (primary N) is 1. The number of ether oxygens (including phenoxy) is 1. The fourth-order valence-electron chi connectivity index (χ4n) is 3.60. The van der Waals surface area contributed by atoms with Gasteiger partial charge in [-0.2, -0.15) is 0 Å². The van der Waals surface area contributed by atoms with E-state index in [0.717, 1.165) is 42.7 Å². The first kappa shape index (κ1) is 21.3. The standard InChI is InChI=1S/C22H21N5O2S3/c1-14(28)27-6-7-29-21-5-3-17(8-20(21)27)32-26-11-15(18(23)12-26)10-25-31-16-2-4-19-22(9-16)30-13-24-19/h2-5,8-10,13H,6-7,11-12,23H2,1H3. The van der Waals surface area contributed by atoms with Gasteiger partial charge in [0.25, 0.3) is 0 Å². The Morgan fingerprint density at radius 1 is 1.25 bits per heavy atom. The second-order valence-corrected chi connectivity index (χ2v) is 10.3. The van der Waals surface area contributed by atoms with Crippen LogP contribution in [0.15, 0.2) is 67.4 Å². The van der Waals surface area contributed by atoms with Crippen molar-refractivity contribution in [2.45, 2.75) is 16.7 Å². The number of amides is 1. The Morgan fingerprint density at radius 2 is 2.12 bits per heavy atom. The summed E-state index contributed by atoms with van der Waals surface area (Å²) in [6.07, 6.45) is 1.86. The minimum atomic E-state index is 0.0225. The van der Waals surface area contributed by atoms with Crippen LogP contribution < -0.4 is 15.4 Å². The fraction of sp³-hybridized carbons (Fsp3) is 0.227. The fourth-order valence-corrected chi connectivity index (χ4v) is 5.99. The lowest BCUT2D eigenvalue weighted by atomic mass is 10.2. The molecule has 2 aliphatic rings. The molecule has 7 nitrogen and oxygen atoms in total. The monoisotopic (exact) mass is 483 g/mol. The van der Waals surface area contributed by atoms with Crippen LogP contribution in [0.2, 0.25) is 0 Å². The SMILES string of the molecule is CC(=O)N1CCOc2ccc(SN3CC(N)=C(C=NSc4ccc5ncsc5c4)C3)cc21. The highest BCUT2D eigenvalue weighted by Crippen LogP contribution is 2.37. The zero-order valence-corrected chi connectivity index (χ0v) is 19.8. The normalized spacial score (nSPS) is 16.7. The van der Waals surface area contributed by atoms with Gasteiger partial charge in [-0.25, -0.2) is 13.7 Å². The average Bonchev–Trinajstić information content (AvgIpc) is 3.39. The average molecular weight is 484 g/mol. The number of benzene rings is 2. The van der Waals surface area contributed by atoms with Crippen LogP contribution in [0.3, 0.4) is 0 Å². The molecule has 0 saturated carbocycles. The summed E-state index contributed by atoms with van der Waals surface area (Å²) in [5, 5.41) is 0. The molecule has 1 aromatic heterocycles. The molecule has 0 saturated heterocycles. The summed E-state index contributed by atoms with van der Waals surface area (Å²) in [5.41, 5.74) is 11.8. The number of rotatable bonds is 5. The Hall–Kier alpha value is -2.53. The van der Waals surface area contributed by atoms with E-state index in [1.165, 1.54) is 11.9 Å². The van der Waals surface area contributed by atoms with Crippen LogP contribution in [0, 0.1) is 0 Å². The molecule has 5 rings (SSSR count). The van der Waals surface area contributed by atoms with Crippen molar-refractivity contribution < 1.29 is 9.53 Å². The number of carbonyl (C=O) groups excluding carboxylic acids is 1. The Bertz CT molecular complexity index is 1240. The van der Waals surface area contributed by atoms with Gasteiger partial charge in [0.1, 0.15) is 12.4 Å². The highest BCUT2D eigenvalue weighted by molar-refractivity contribution is 7.98. The van der Waals surface area contributed by atoms with Crippen molar-refractivity contribution in [3.63, 3.8) is 0 Å². The molecule has 0 atom stereocenters. The van der Waals surface area contributed by atoms with Crippen molar-refractivity contribution in [3.05, 3.63) is 53.2 Å². The van der Waals surface area contributed by atoms with Gasteiger partial charge in [-0.1, -0.05) is 0 Å². The Kier molecular flexibility index (Phi) is 6.09. The molecule has 1 amide bonds. The van der Waals surface area contributed by atoms with Crippen LogP contribution in [0.25, 0.3) is 10.2 Å². The van der Waals surface area contributed by atoms with Crippen LogP contribution in [-0.2, 0) is 4.79 Å². The zero-order valence-electron chi connectivity index (χ0n) is 17.4. The van der Waals surface area contributed by atoms with Gasteiger partial charge in [0, 0.05) is 59.2 Å². The van der Waals surface area contributed by atoms with Crippen molar-refractivity contribution in [1.82, 2.24) is 9.29 Å². The van der Waals surface area contributed by atoms with E-state index in [1.807, 2.05) is 42.1 Å². The maximum Gasteiger partial charge on any atom is 0.224 e. The van der Waals surface area contributed by atoms with Crippen molar-refractivity contribution in [2.24, 2.45) is 10.1 Å². The third-order valence-corrected chi connectivity index (χ3v) is 7.63. The Labute approximate surface area is 198 Å². The van der Waals surface area contributed by atoms with E-state index in [1.54, 1.807) is 35.1 Å². The molecule has 32 heavy (non-hydrogen) atoms. The van der Waals surface area contributed by atoms with Crippen molar-refractivity contribution >= 4 is 63.3 Å². The number of nitrogens with zero attached hydrogens (tertiary/aromatic N) is 4. The van der Waals surface area contributed by atoms with Gasteiger partial charge >= 0.3 is 0 Å². The molecular weight excluding hydrogens is 462 g/mol. The molecule has 0 spiro atoms. The van der Waals surface area contributed by atoms with Crippen LogP contribution in [0.4, 0.5) is 5.69 Å². The molecule has 3 heterocycles. The van der Waals surface area contributed by atoms with Crippen LogP contribution >= 0.6 is 35.2 Å². The van der Waals surface area contributed by atoms with Gasteiger partial charge in [-0.05, 0) is 48.3 Å². The Balaban J connectivity index is 1.22. The molecule has 10 heteroatoms. The molecule has 0 bridgehead atoms. The number of carbonyl (C=O) groups is 1. The molecule has 0 radical (unpaired) electrons. The quantitative estimate of drug-likeness (QED) is 0.426. The first-order chi connectivity index (χ1) is 15.6. The third kappa shape index (κ3) is 4.49. The molecule has 3 aromatic rings. The van der Waals surface area contributed by atoms with Gasteiger partial charge < -0.3 is 15.4 Å². The van der Waals surface area contributed by atoms with Gasteiger partial charge in [0.15, 0.2) is 0 Å². The van der Waals surface area contributed by atoms with E-state index in [0.29, 0.717) is 26.2 Å². The molecule has 2 N–H and O–H groups in total. The molecule has 0 aliphatic carbocycles. The molecular formula is C22H21N5O2S3. The minimum Gasteiger partial charge on any atom is -0.490 e. The first-order valence-electron chi connectivity index (χ1n) is 10.1. The summed E-state index contributed by atoms with van der Waals surface area (Å²) in [7, 11) is 0. The maximum absolute atomic E-state index is 12.0. The number of anilines is 1. The van der Waals surface area contributed by atoms with Crippen LogP contribution in [-0.4, -0.2) is 47.7 Å². The highest BCUT2D eigenvalue weighted by Gasteiger charge is 2.24. The molecule has 0 unspecified atom stereocenters. The van der Waals surface area contributed by atoms with E-state index in [9.17, 15) is 4.79 Å². The number of fused-ring (bicyclic) bond motifs is 2. The largest absolute Gasteiger partial charge is 0.490 e. The summed E-state index contributed by atoms with van der Waals surface area (Å²) in [6, 6.07) is 12.1. The van der Waals surface area contributed by atoms with Crippen molar-refractivity contribution in [2.75, 3.05) is 31.1 Å². The third-order valence-electron chi connectivity index (χ3n) is 5.18. The van der Waals surface area contributed by atoms with E-state index in [-0.39, 0.29) is 5.91 Å². The predicted molar refractivity (Wildman–Crippen MR) is 133 cm³/mol. The lowest BCUT2D eigenvalue weighted by Gasteiger charge is -2.29. The number of aromatic nitrogens is 1. The summed E-state index contributed by atoms with van der Waals surface area (Å²) < 4.78 is 13.6. The van der Waals surface area contributed by atoms with E-state index in [2.05, 4.69) is 19.8 Å². The topological polar surface area (TPSA) is 84.0 Å². The number of hydrogen-bond acceptors (Lipinski definition) is 9. The Morgan fingerprint density at radius 3 is 3.00 bits per heavy atom. The minimum absolute atomic E-state index is 0.0225. The van der Waals surface area contributed by atoms with Crippen LogP contribution in [0.5, 0.6) is 5.75 Å². The van der Waals surface area contributed by atoms with Crippen molar-refractivity contribution in [3.8, 4) is 5.75 Å².